The molecule has 0 atom stereocenters. The fourth-order valence-corrected chi connectivity index (χ4v) is 2.36. The van der Waals surface area contributed by atoms with Crippen molar-refractivity contribution in [2.45, 2.75) is 45.8 Å². The van der Waals surface area contributed by atoms with Gasteiger partial charge in [0.05, 0.1) is 12.2 Å². The Hall–Kier alpha value is -1.55. The minimum atomic E-state index is -0.371. The second kappa shape index (κ2) is 5.21. The van der Waals surface area contributed by atoms with Crippen molar-refractivity contribution in [3.8, 4) is 5.75 Å². The number of benzene rings is 1. The van der Waals surface area contributed by atoms with E-state index in [1.807, 2.05) is 43.9 Å². The molecule has 1 aliphatic heterocycles. The molecule has 4 nitrogen and oxygen atoms in total. The van der Waals surface area contributed by atoms with E-state index in [1.165, 1.54) is 0 Å². The van der Waals surface area contributed by atoms with Crippen molar-refractivity contribution >= 4 is 11.6 Å². The van der Waals surface area contributed by atoms with Gasteiger partial charge in [-0.15, -0.1) is 0 Å². The Balaban J connectivity index is 2.40. The normalized spacial score (nSPS) is 16.7. The number of fused-ring (bicyclic) bond motifs is 1. The van der Waals surface area contributed by atoms with Crippen LogP contribution in [0.25, 0.3) is 0 Å². The van der Waals surface area contributed by atoms with Gasteiger partial charge < -0.3 is 15.4 Å². The first kappa shape index (κ1) is 13.9. The Kier molecular flexibility index (Phi) is 3.80. The summed E-state index contributed by atoms with van der Waals surface area (Å²) in [7, 11) is 0. The molecule has 0 unspecified atom stereocenters. The first-order valence-corrected chi connectivity index (χ1v) is 6.79. The van der Waals surface area contributed by atoms with Crippen LogP contribution in [0.5, 0.6) is 5.75 Å². The van der Waals surface area contributed by atoms with Crippen LogP contribution in [0.15, 0.2) is 18.2 Å². The second-order valence-corrected chi connectivity index (χ2v) is 5.60. The number of nitrogens with two attached hydrogens (primary N) is 1. The average Bonchev–Trinajstić information content (AvgIpc) is 2.36. The average molecular weight is 262 g/mol. The highest BCUT2D eigenvalue weighted by Crippen LogP contribution is 2.38. The van der Waals surface area contributed by atoms with Gasteiger partial charge >= 0.3 is 0 Å². The molecule has 0 radical (unpaired) electrons. The number of carbonyl (C=O) groups excluding carboxylic acids is 1. The zero-order valence-corrected chi connectivity index (χ0v) is 11.9. The quantitative estimate of drug-likeness (QED) is 0.910. The molecule has 1 amide bonds. The maximum Gasteiger partial charge on any atom is 0.227 e. The predicted octanol–water partition coefficient (Wildman–Crippen LogP) is 2.45. The van der Waals surface area contributed by atoms with E-state index in [1.54, 1.807) is 0 Å². The molecule has 0 aliphatic carbocycles. The summed E-state index contributed by atoms with van der Waals surface area (Å²) in [5.41, 5.74) is 7.15. The molecule has 2 rings (SSSR count). The summed E-state index contributed by atoms with van der Waals surface area (Å²) in [5, 5.41) is 0. The molecule has 0 saturated carbocycles. The summed E-state index contributed by atoms with van der Waals surface area (Å²) in [6.07, 6.45) is 1.42. The van der Waals surface area contributed by atoms with Gasteiger partial charge in [0.2, 0.25) is 5.91 Å². The Labute approximate surface area is 114 Å². The summed E-state index contributed by atoms with van der Waals surface area (Å²) in [5.74, 6) is 0.907. The minimum absolute atomic E-state index is 0.153. The van der Waals surface area contributed by atoms with Crippen LogP contribution in [0.3, 0.4) is 0 Å². The monoisotopic (exact) mass is 262 g/mol. The van der Waals surface area contributed by atoms with Gasteiger partial charge in [-0.3, -0.25) is 4.79 Å². The highest BCUT2D eigenvalue weighted by atomic mass is 16.5. The molecule has 0 spiro atoms. The predicted molar refractivity (Wildman–Crippen MR) is 76.3 cm³/mol. The molecular formula is C15H22N2O2. The van der Waals surface area contributed by atoms with E-state index in [0.717, 1.165) is 23.4 Å². The van der Waals surface area contributed by atoms with Crippen molar-refractivity contribution in [1.29, 1.82) is 0 Å². The van der Waals surface area contributed by atoms with Crippen LogP contribution in [0.2, 0.25) is 0 Å². The number of anilines is 1. The van der Waals surface area contributed by atoms with Gasteiger partial charge in [-0.1, -0.05) is 13.0 Å². The highest BCUT2D eigenvalue weighted by molar-refractivity contribution is 5.95. The van der Waals surface area contributed by atoms with Crippen molar-refractivity contribution in [3.05, 3.63) is 23.8 Å². The molecule has 1 heterocycles. The smallest absolute Gasteiger partial charge is 0.227 e. The third-order valence-corrected chi connectivity index (χ3v) is 3.24. The van der Waals surface area contributed by atoms with Crippen LogP contribution < -0.4 is 15.4 Å². The van der Waals surface area contributed by atoms with Crippen LogP contribution >= 0.6 is 0 Å². The van der Waals surface area contributed by atoms with Crippen molar-refractivity contribution in [3.63, 3.8) is 0 Å². The van der Waals surface area contributed by atoms with Crippen molar-refractivity contribution in [2.75, 3.05) is 11.4 Å². The largest absolute Gasteiger partial charge is 0.484 e. The first-order valence-electron chi connectivity index (χ1n) is 6.79. The molecule has 0 saturated heterocycles. The van der Waals surface area contributed by atoms with Gasteiger partial charge in [-0.25, -0.2) is 0 Å². The first-order chi connectivity index (χ1) is 8.96. The summed E-state index contributed by atoms with van der Waals surface area (Å²) in [6, 6.07) is 5.82. The van der Waals surface area contributed by atoms with Crippen molar-refractivity contribution < 1.29 is 9.53 Å². The molecule has 104 valence electrons. The SMILES string of the molecule is CCCC(=O)N1CC(C)(C)Oc2cc(CN)ccc21. The lowest BCUT2D eigenvalue weighted by Crippen LogP contribution is -2.49. The molecule has 1 aromatic carbocycles. The molecular weight excluding hydrogens is 240 g/mol. The zero-order chi connectivity index (χ0) is 14.0. The van der Waals surface area contributed by atoms with Gasteiger partial charge in [0.25, 0.3) is 0 Å². The lowest BCUT2D eigenvalue weighted by atomic mass is 10.0. The van der Waals surface area contributed by atoms with E-state index in [0.29, 0.717) is 19.5 Å². The number of rotatable bonds is 3. The molecule has 0 aromatic heterocycles. The lowest BCUT2D eigenvalue weighted by molar-refractivity contribution is -0.119. The lowest BCUT2D eigenvalue weighted by Gasteiger charge is -2.40. The van der Waals surface area contributed by atoms with Crippen molar-refractivity contribution in [1.82, 2.24) is 0 Å². The maximum absolute atomic E-state index is 12.2. The van der Waals surface area contributed by atoms with E-state index in [9.17, 15) is 4.79 Å². The van der Waals surface area contributed by atoms with E-state index < -0.39 is 0 Å². The summed E-state index contributed by atoms with van der Waals surface area (Å²) >= 11 is 0. The van der Waals surface area contributed by atoms with Gasteiger partial charge in [-0.05, 0) is 38.0 Å². The second-order valence-electron chi connectivity index (χ2n) is 5.60. The van der Waals surface area contributed by atoms with Gasteiger partial charge in [-0.2, -0.15) is 0 Å². The van der Waals surface area contributed by atoms with E-state index in [4.69, 9.17) is 10.5 Å². The number of nitrogens with zero attached hydrogens (tertiary/aromatic N) is 1. The number of amides is 1. The molecule has 2 N–H and O–H groups in total. The number of carbonyl (C=O) groups is 1. The summed E-state index contributed by atoms with van der Waals surface area (Å²) in [4.78, 5) is 14.1. The van der Waals surface area contributed by atoms with E-state index in [2.05, 4.69) is 0 Å². The Bertz CT molecular complexity index is 483. The summed E-state index contributed by atoms with van der Waals surface area (Å²) in [6.45, 7) is 7.07. The topological polar surface area (TPSA) is 55.6 Å². The standard InChI is InChI=1S/C15H22N2O2/c1-4-5-14(18)17-10-15(2,3)19-13-8-11(9-16)6-7-12(13)17/h6-8H,4-5,9-10,16H2,1-3H3. The molecule has 0 fully saturated rings. The van der Waals surface area contributed by atoms with Crippen LogP contribution in [0.1, 0.15) is 39.2 Å². The van der Waals surface area contributed by atoms with Gasteiger partial charge in [0.15, 0.2) is 0 Å². The third-order valence-electron chi connectivity index (χ3n) is 3.24. The number of hydrogen-bond acceptors (Lipinski definition) is 3. The summed E-state index contributed by atoms with van der Waals surface area (Å²) < 4.78 is 5.97. The highest BCUT2D eigenvalue weighted by Gasteiger charge is 2.34. The van der Waals surface area contributed by atoms with Crippen molar-refractivity contribution in [2.24, 2.45) is 5.73 Å². The molecule has 0 bridgehead atoms. The Morgan fingerprint density at radius 2 is 2.21 bits per heavy atom. The van der Waals surface area contributed by atoms with Gasteiger partial charge in [0.1, 0.15) is 11.4 Å². The van der Waals surface area contributed by atoms with Crippen LogP contribution in [-0.2, 0) is 11.3 Å². The van der Waals surface area contributed by atoms with Gasteiger partial charge in [0, 0.05) is 13.0 Å². The van der Waals surface area contributed by atoms with E-state index >= 15 is 0 Å². The molecule has 4 heteroatoms. The minimum Gasteiger partial charge on any atom is -0.484 e. The van der Waals surface area contributed by atoms with Crippen LogP contribution in [-0.4, -0.2) is 18.1 Å². The Morgan fingerprint density at radius 3 is 2.84 bits per heavy atom. The molecule has 1 aliphatic rings. The zero-order valence-electron chi connectivity index (χ0n) is 11.9. The maximum atomic E-state index is 12.2. The Morgan fingerprint density at radius 1 is 1.47 bits per heavy atom. The molecule has 19 heavy (non-hydrogen) atoms. The number of ether oxygens (including phenoxy) is 1. The molecule has 1 aromatic rings. The van der Waals surface area contributed by atoms with E-state index in [-0.39, 0.29) is 11.5 Å². The number of hydrogen-bond donors (Lipinski definition) is 1. The third kappa shape index (κ3) is 2.89. The fraction of sp³-hybridized carbons (Fsp3) is 0.533. The fourth-order valence-electron chi connectivity index (χ4n) is 2.36. The van der Waals surface area contributed by atoms with Crippen LogP contribution in [0.4, 0.5) is 5.69 Å². The van der Waals surface area contributed by atoms with Crippen LogP contribution in [0, 0.1) is 0 Å².